The average molecular weight is 266 g/mol. The third kappa shape index (κ3) is 4.86. The molecule has 2 aromatic rings. The molecular weight excluding hydrogens is 252 g/mol. The zero-order valence-corrected chi connectivity index (χ0v) is 10.3. The molecule has 0 aliphatic carbocycles. The standard InChI is InChI=1S/C6H7NO3S.C6H7N/c7-5-1-3-6(4-2-5)11(8,9)10;7-6-4-2-1-3-5-6/h1-4H,7H2,(H,8,9,10);1-5H,7H2. The van der Waals surface area contributed by atoms with Crippen molar-refractivity contribution in [1.82, 2.24) is 0 Å². The highest BCUT2D eigenvalue weighted by molar-refractivity contribution is 7.85. The smallest absolute Gasteiger partial charge is 0.294 e. The molecule has 96 valence electrons. The minimum atomic E-state index is -4.08. The predicted molar refractivity (Wildman–Crippen MR) is 71.5 cm³/mol. The van der Waals surface area contributed by atoms with Crippen LogP contribution in [0.5, 0.6) is 0 Å². The molecule has 0 saturated heterocycles. The molecule has 0 unspecified atom stereocenters. The Labute approximate surface area is 106 Å². The van der Waals surface area contributed by atoms with Crippen molar-refractivity contribution in [2.24, 2.45) is 0 Å². The minimum Gasteiger partial charge on any atom is -0.399 e. The van der Waals surface area contributed by atoms with Gasteiger partial charge in [-0.3, -0.25) is 4.55 Å². The fourth-order valence-electron chi connectivity index (χ4n) is 1.09. The Hall–Kier alpha value is -2.05. The minimum absolute atomic E-state index is 0.147. The zero-order valence-electron chi connectivity index (χ0n) is 9.52. The maximum Gasteiger partial charge on any atom is 0.294 e. The lowest BCUT2D eigenvalue weighted by atomic mass is 10.3. The molecule has 2 rings (SSSR count). The topological polar surface area (TPSA) is 106 Å². The van der Waals surface area contributed by atoms with Gasteiger partial charge in [0.05, 0.1) is 4.90 Å². The molecule has 0 aliphatic rings. The first-order valence-corrected chi connectivity index (χ1v) is 6.47. The Bertz CT molecular complexity index is 580. The molecule has 0 aliphatic heterocycles. The van der Waals surface area contributed by atoms with Gasteiger partial charge >= 0.3 is 0 Å². The van der Waals surface area contributed by atoms with Crippen LogP contribution in [0.1, 0.15) is 0 Å². The predicted octanol–water partition coefficient (Wildman–Crippen LogP) is 1.78. The van der Waals surface area contributed by atoms with Crippen molar-refractivity contribution in [1.29, 1.82) is 0 Å². The number of benzene rings is 2. The van der Waals surface area contributed by atoms with Crippen LogP contribution in [-0.4, -0.2) is 13.0 Å². The highest BCUT2D eigenvalue weighted by atomic mass is 32.2. The van der Waals surface area contributed by atoms with E-state index in [4.69, 9.17) is 16.0 Å². The van der Waals surface area contributed by atoms with Gasteiger partial charge in [-0.1, -0.05) is 18.2 Å². The second-order valence-electron chi connectivity index (χ2n) is 3.45. The van der Waals surface area contributed by atoms with Crippen molar-refractivity contribution in [2.45, 2.75) is 4.90 Å². The van der Waals surface area contributed by atoms with Crippen LogP contribution in [-0.2, 0) is 10.1 Å². The summed E-state index contributed by atoms with van der Waals surface area (Å²) in [5, 5.41) is 0. The number of hydrogen-bond donors (Lipinski definition) is 3. The van der Waals surface area contributed by atoms with Crippen molar-refractivity contribution >= 4 is 21.5 Å². The van der Waals surface area contributed by atoms with E-state index in [0.29, 0.717) is 5.69 Å². The highest BCUT2D eigenvalue weighted by Gasteiger charge is 2.06. The molecule has 0 saturated carbocycles. The summed E-state index contributed by atoms with van der Waals surface area (Å²) in [5.41, 5.74) is 11.9. The summed E-state index contributed by atoms with van der Waals surface area (Å²) in [4.78, 5) is -0.147. The van der Waals surface area contributed by atoms with Crippen LogP contribution in [0.4, 0.5) is 11.4 Å². The quantitative estimate of drug-likeness (QED) is 0.539. The van der Waals surface area contributed by atoms with E-state index in [9.17, 15) is 8.42 Å². The SMILES string of the molecule is Nc1ccc(S(=O)(=O)O)cc1.Nc1ccccc1. The Kier molecular flexibility index (Phi) is 4.70. The van der Waals surface area contributed by atoms with Crippen LogP contribution < -0.4 is 11.5 Å². The molecule has 0 spiro atoms. The van der Waals surface area contributed by atoms with E-state index in [-0.39, 0.29) is 4.90 Å². The number of nitrogen functional groups attached to an aromatic ring is 2. The molecule has 2 aromatic carbocycles. The van der Waals surface area contributed by atoms with Crippen LogP contribution in [0.25, 0.3) is 0 Å². The van der Waals surface area contributed by atoms with Gasteiger partial charge in [-0.25, -0.2) is 0 Å². The van der Waals surface area contributed by atoms with E-state index < -0.39 is 10.1 Å². The lowest BCUT2D eigenvalue weighted by molar-refractivity contribution is 0.483. The van der Waals surface area contributed by atoms with Gasteiger partial charge in [-0.2, -0.15) is 8.42 Å². The fourth-order valence-corrected chi connectivity index (χ4v) is 1.57. The van der Waals surface area contributed by atoms with Gasteiger partial charge in [0.1, 0.15) is 0 Å². The molecule has 0 aromatic heterocycles. The molecular formula is C12H14N2O3S. The van der Waals surface area contributed by atoms with Crippen molar-refractivity contribution in [2.75, 3.05) is 11.5 Å². The Morgan fingerprint density at radius 3 is 1.56 bits per heavy atom. The van der Waals surface area contributed by atoms with Gasteiger partial charge in [0.15, 0.2) is 0 Å². The van der Waals surface area contributed by atoms with Crippen LogP contribution >= 0.6 is 0 Å². The van der Waals surface area contributed by atoms with Crippen molar-refractivity contribution in [3.05, 3.63) is 54.6 Å². The third-order valence-electron chi connectivity index (χ3n) is 1.98. The first-order valence-electron chi connectivity index (χ1n) is 5.03. The normalized spacial score (nSPS) is 10.3. The lowest BCUT2D eigenvalue weighted by Gasteiger charge is -1.95. The van der Waals surface area contributed by atoms with Crippen LogP contribution in [0.3, 0.4) is 0 Å². The summed E-state index contributed by atoms with van der Waals surface area (Å²) in [6, 6.07) is 14.8. The largest absolute Gasteiger partial charge is 0.399 e. The van der Waals surface area contributed by atoms with Crippen LogP contribution in [0.2, 0.25) is 0 Å². The van der Waals surface area contributed by atoms with Crippen LogP contribution in [0, 0.1) is 0 Å². The number of anilines is 2. The van der Waals surface area contributed by atoms with E-state index in [1.54, 1.807) is 0 Å². The molecule has 18 heavy (non-hydrogen) atoms. The highest BCUT2D eigenvalue weighted by Crippen LogP contribution is 2.10. The Balaban J connectivity index is 0.000000199. The van der Waals surface area contributed by atoms with Gasteiger partial charge in [0.2, 0.25) is 0 Å². The van der Waals surface area contributed by atoms with E-state index in [2.05, 4.69) is 0 Å². The van der Waals surface area contributed by atoms with Gasteiger partial charge in [-0.15, -0.1) is 0 Å². The number of hydrogen-bond acceptors (Lipinski definition) is 4. The zero-order chi connectivity index (χ0) is 13.6. The van der Waals surface area contributed by atoms with E-state index in [1.807, 2.05) is 30.3 Å². The monoisotopic (exact) mass is 266 g/mol. The van der Waals surface area contributed by atoms with Gasteiger partial charge in [0, 0.05) is 11.4 Å². The summed E-state index contributed by atoms with van der Waals surface area (Å²) in [5.74, 6) is 0. The van der Waals surface area contributed by atoms with E-state index in [0.717, 1.165) is 5.69 Å². The first-order chi connectivity index (χ1) is 8.39. The summed E-state index contributed by atoms with van der Waals surface area (Å²) in [7, 11) is -4.08. The summed E-state index contributed by atoms with van der Waals surface area (Å²) >= 11 is 0. The first kappa shape index (κ1) is 14.0. The van der Waals surface area contributed by atoms with Crippen molar-refractivity contribution < 1.29 is 13.0 Å². The van der Waals surface area contributed by atoms with Gasteiger partial charge in [0.25, 0.3) is 10.1 Å². The third-order valence-corrected chi connectivity index (χ3v) is 2.85. The lowest BCUT2D eigenvalue weighted by Crippen LogP contribution is -1.97. The summed E-state index contributed by atoms with van der Waals surface area (Å²) in [6.45, 7) is 0. The molecule has 0 atom stereocenters. The maximum absolute atomic E-state index is 10.5. The van der Waals surface area contributed by atoms with Gasteiger partial charge < -0.3 is 11.5 Å². The molecule has 0 fully saturated rings. The Morgan fingerprint density at radius 1 is 0.778 bits per heavy atom. The molecule has 0 radical (unpaired) electrons. The maximum atomic E-state index is 10.5. The second-order valence-corrected chi connectivity index (χ2v) is 4.88. The number of para-hydroxylation sites is 1. The molecule has 0 bridgehead atoms. The summed E-state index contributed by atoms with van der Waals surface area (Å²) < 4.78 is 29.4. The van der Waals surface area contributed by atoms with E-state index >= 15 is 0 Å². The molecule has 0 amide bonds. The number of nitrogens with two attached hydrogens (primary N) is 2. The van der Waals surface area contributed by atoms with Crippen molar-refractivity contribution in [3.8, 4) is 0 Å². The summed E-state index contributed by atoms with van der Waals surface area (Å²) in [6.07, 6.45) is 0. The van der Waals surface area contributed by atoms with Crippen molar-refractivity contribution in [3.63, 3.8) is 0 Å². The molecule has 6 heteroatoms. The average Bonchev–Trinajstić information content (AvgIpc) is 2.30. The van der Waals surface area contributed by atoms with E-state index in [1.165, 1.54) is 24.3 Å². The molecule has 5 nitrogen and oxygen atoms in total. The van der Waals surface area contributed by atoms with Gasteiger partial charge in [-0.05, 0) is 36.4 Å². The molecule has 5 N–H and O–H groups in total. The second kappa shape index (κ2) is 6.04. The number of rotatable bonds is 1. The molecule has 0 heterocycles. The Morgan fingerprint density at radius 2 is 1.22 bits per heavy atom. The van der Waals surface area contributed by atoms with Crippen LogP contribution in [0.15, 0.2) is 59.5 Å². The fraction of sp³-hybridized carbons (Fsp3) is 0.